The first-order valence-electron chi connectivity index (χ1n) is 12.5. The van der Waals surface area contributed by atoms with Crippen molar-refractivity contribution in [1.82, 2.24) is 10.2 Å². The molecular weight excluding hydrogens is 488 g/mol. The number of rotatable bonds is 5. The standard InChI is InChI=1S/C29H31ClN4O3/c1-29(2,3)37-28(36)33-17-20-14-22(11-13-26(20)32)34(21-9-10-21)27(35)18-8-12-24(25(30)15-18)23-7-5-4-6-19(23)16-31/h4-8,12,15,17,21-22,32H,9-11,13-14H2,1-3H3,(H,33,36)/b20-17-,32-26?. The Labute approximate surface area is 222 Å². The molecule has 2 aliphatic rings. The van der Waals surface area contributed by atoms with Crippen LogP contribution >= 0.6 is 11.6 Å². The van der Waals surface area contributed by atoms with E-state index in [1.54, 1.807) is 51.1 Å². The van der Waals surface area contributed by atoms with Crippen LogP contribution < -0.4 is 5.32 Å². The predicted molar refractivity (Wildman–Crippen MR) is 144 cm³/mol. The number of amides is 2. The van der Waals surface area contributed by atoms with Gasteiger partial charge in [-0.2, -0.15) is 5.26 Å². The number of nitriles is 1. The van der Waals surface area contributed by atoms with Crippen molar-refractivity contribution in [2.24, 2.45) is 0 Å². The molecule has 0 bridgehead atoms. The molecule has 0 radical (unpaired) electrons. The third-order valence-corrected chi connectivity index (χ3v) is 6.77. The van der Waals surface area contributed by atoms with E-state index in [0.717, 1.165) is 18.4 Å². The van der Waals surface area contributed by atoms with Gasteiger partial charge in [-0.05, 0) is 76.6 Å². The highest BCUT2D eigenvalue weighted by Crippen LogP contribution is 2.37. The number of benzene rings is 2. The highest BCUT2D eigenvalue weighted by Gasteiger charge is 2.39. The maximum absolute atomic E-state index is 13.7. The van der Waals surface area contributed by atoms with Crippen LogP contribution in [0.4, 0.5) is 4.79 Å². The van der Waals surface area contributed by atoms with E-state index in [9.17, 15) is 14.9 Å². The molecule has 1 atom stereocenters. The zero-order valence-electron chi connectivity index (χ0n) is 21.3. The summed E-state index contributed by atoms with van der Waals surface area (Å²) in [6.07, 6.45) is 4.54. The van der Waals surface area contributed by atoms with E-state index < -0.39 is 11.7 Å². The van der Waals surface area contributed by atoms with E-state index in [4.69, 9.17) is 21.7 Å². The molecule has 2 aromatic rings. The molecule has 0 heterocycles. The van der Waals surface area contributed by atoms with Gasteiger partial charge in [-0.3, -0.25) is 10.1 Å². The minimum absolute atomic E-state index is 0.0847. The molecule has 7 nitrogen and oxygen atoms in total. The number of nitrogens with one attached hydrogen (secondary N) is 2. The van der Waals surface area contributed by atoms with Crippen LogP contribution in [0.3, 0.4) is 0 Å². The molecule has 0 saturated heterocycles. The minimum Gasteiger partial charge on any atom is -0.444 e. The lowest BCUT2D eigenvalue weighted by molar-refractivity contribution is 0.0549. The number of nitrogens with zero attached hydrogens (tertiary/aromatic N) is 2. The summed E-state index contributed by atoms with van der Waals surface area (Å²) in [6.45, 7) is 5.37. The normalized spacial score (nSPS) is 18.7. The predicted octanol–water partition coefficient (Wildman–Crippen LogP) is 6.46. The molecule has 2 aromatic carbocycles. The first-order valence-corrected chi connectivity index (χ1v) is 12.8. The van der Waals surface area contributed by atoms with Crippen LogP contribution in [-0.4, -0.2) is 40.3 Å². The zero-order valence-corrected chi connectivity index (χ0v) is 22.1. The summed E-state index contributed by atoms with van der Waals surface area (Å²) < 4.78 is 5.29. The molecule has 0 aliphatic heterocycles. The molecule has 1 unspecified atom stereocenters. The van der Waals surface area contributed by atoms with Crippen LogP contribution in [0.2, 0.25) is 5.02 Å². The monoisotopic (exact) mass is 518 g/mol. The summed E-state index contributed by atoms with van der Waals surface area (Å²) in [6, 6.07) is 14.7. The number of ether oxygens (including phenoxy) is 1. The smallest absolute Gasteiger partial charge is 0.411 e. The van der Waals surface area contributed by atoms with Crippen LogP contribution in [0.5, 0.6) is 0 Å². The Hall–Kier alpha value is -3.63. The van der Waals surface area contributed by atoms with Crippen molar-refractivity contribution in [3.05, 3.63) is 70.4 Å². The quantitative estimate of drug-likeness (QED) is 0.473. The molecule has 37 heavy (non-hydrogen) atoms. The Morgan fingerprint density at radius 2 is 1.86 bits per heavy atom. The Kier molecular flexibility index (Phi) is 7.70. The molecule has 2 amide bonds. The van der Waals surface area contributed by atoms with Crippen molar-refractivity contribution in [2.75, 3.05) is 0 Å². The Balaban J connectivity index is 1.54. The fourth-order valence-electron chi connectivity index (χ4n) is 4.60. The third-order valence-electron chi connectivity index (χ3n) is 6.46. The second kappa shape index (κ2) is 10.8. The average Bonchev–Trinajstić information content (AvgIpc) is 3.68. The van der Waals surface area contributed by atoms with Crippen molar-refractivity contribution < 1.29 is 14.3 Å². The number of carbonyl (C=O) groups is 2. The fraction of sp³-hybridized carbons (Fsp3) is 0.379. The van der Waals surface area contributed by atoms with Gasteiger partial charge in [0.2, 0.25) is 0 Å². The van der Waals surface area contributed by atoms with Gasteiger partial charge >= 0.3 is 6.09 Å². The number of carbonyl (C=O) groups excluding carboxylic acids is 2. The van der Waals surface area contributed by atoms with E-state index in [2.05, 4.69) is 11.4 Å². The summed E-state index contributed by atoms with van der Waals surface area (Å²) in [7, 11) is 0. The Bertz CT molecular complexity index is 1300. The van der Waals surface area contributed by atoms with Crippen molar-refractivity contribution in [3.63, 3.8) is 0 Å². The van der Waals surface area contributed by atoms with E-state index >= 15 is 0 Å². The number of hydrogen-bond donors (Lipinski definition) is 2. The molecule has 2 aliphatic carbocycles. The van der Waals surface area contributed by atoms with Gasteiger partial charge in [-0.25, -0.2) is 4.79 Å². The van der Waals surface area contributed by atoms with E-state index in [0.29, 0.717) is 52.3 Å². The summed E-state index contributed by atoms with van der Waals surface area (Å²) in [5, 5.41) is 20.9. The van der Waals surface area contributed by atoms with Gasteiger partial charge in [0.1, 0.15) is 5.60 Å². The molecule has 2 N–H and O–H groups in total. The fourth-order valence-corrected chi connectivity index (χ4v) is 4.88. The summed E-state index contributed by atoms with van der Waals surface area (Å²) >= 11 is 6.61. The molecule has 2 saturated carbocycles. The van der Waals surface area contributed by atoms with Crippen LogP contribution in [0.25, 0.3) is 11.1 Å². The molecule has 4 rings (SSSR count). The second-order valence-electron chi connectivity index (χ2n) is 10.5. The minimum atomic E-state index is -0.617. The van der Waals surface area contributed by atoms with E-state index in [1.165, 1.54) is 6.20 Å². The van der Waals surface area contributed by atoms with E-state index in [-0.39, 0.29) is 18.0 Å². The van der Waals surface area contributed by atoms with Gasteiger partial charge in [0, 0.05) is 45.7 Å². The van der Waals surface area contributed by atoms with Gasteiger partial charge < -0.3 is 15.0 Å². The maximum atomic E-state index is 13.7. The van der Waals surface area contributed by atoms with Gasteiger partial charge in [-0.1, -0.05) is 35.9 Å². The lowest BCUT2D eigenvalue weighted by Gasteiger charge is -2.36. The first-order chi connectivity index (χ1) is 17.6. The Morgan fingerprint density at radius 3 is 2.51 bits per heavy atom. The van der Waals surface area contributed by atoms with Crippen molar-refractivity contribution in [2.45, 2.75) is 70.6 Å². The highest BCUT2D eigenvalue weighted by molar-refractivity contribution is 6.33. The van der Waals surface area contributed by atoms with Gasteiger partial charge in [0.15, 0.2) is 0 Å². The van der Waals surface area contributed by atoms with Gasteiger partial charge in [-0.15, -0.1) is 0 Å². The SMILES string of the molecule is CC(C)(C)OC(=O)N/C=C1/CC(N(C(=O)c2ccc(-c3ccccc3C#N)c(Cl)c2)C2CC2)CCC1=N. The third kappa shape index (κ3) is 6.39. The van der Waals surface area contributed by atoms with Crippen LogP contribution in [-0.2, 0) is 4.74 Å². The van der Waals surface area contributed by atoms with Crippen molar-refractivity contribution in [3.8, 4) is 17.2 Å². The molecule has 0 aromatic heterocycles. The van der Waals surface area contributed by atoms with Gasteiger partial charge in [0.25, 0.3) is 5.91 Å². The lowest BCUT2D eigenvalue weighted by atomic mass is 9.88. The van der Waals surface area contributed by atoms with Crippen LogP contribution in [0.15, 0.2) is 54.2 Å². The van der Waals surface area contributed by atoms with Crippen LogP contribution in [0, 0.1) is 16.7 Å². The Morgan fingerprint density at radius 1 is 1.14 bits per heavy atom. The molecule has 192 valence electrons. The zero-order chi connectivity index (χ0) is 26.7. The highest BCUT2D eigenvalue weighted by atomic mass is 35.5. The lowest BCUT2D eigenvalue weighted by Crippen LogP contribution is -2.44. The molecular formula is C29H31ClN4O3. The summed E-state index contributed by atoms with van der Waals surface area (Å²) in [5.41, 5.74) is 2.98. The number of halogens is 1. The number of hydrogen-bond acceptors (Lipinski definition) is 5. The first kappa shape index (κ1) is 26.4. The molecule has 0 spiro atoms. The summed E-state index contributed by atoms with van der Waals surface area (Å²) in [5.74, 6) is -0.0950. The van der Waals surface area contributed by atoms with E-state index in [1.807, 2.05) is 17.0 Å². The number of alkyl carbamates (subject to hydrolysis) is 1. The van der Waals surface area contributed by atoms with Crippen LogP contribution in [0.1, 0.15) is 68.8 Å². The maximum Gasteiger partial charge on any atom is 0.411 e. The average molecular weight is 519 g/mol. The van der Waals surface area contributed by atoms with Crippen molar-refractivity contribution >= 4 is 29.3 Å². The van der Waals surface area contributed by atoms with Crippen molar-refractivity contribution in [1.29, 1.82) is 10.7 Å². The molecule has 8 heteroatoms. The molecule has 2 fully saturated rings. The second-order valence-corrected chi connectivity index (χ2v) is 10.9. The topological polar surface area (TPSA) is 106 Å². The van der Waals surface area contributed by atoms with Gasteiger partial charge in [0.05, 0.1) is 11.6 Å². The largest absolute Gasteiger partial charge is 0.444 e. The summed E-state index contributed by atoms with van der Waals surface area (Å²) in [4.78, 5) is 27.7.